The van der Waals surface area contributed by atoms with Crippen molar-refractivity contribution in [3.8, 4) is 30.9 Å². The van der Waals surface area contributed by atoms with E-state index in [2.05, 4.69) is 28.8 Å². The number of likely N-dealkylation sites (tertiary alicyclic amines) is 1. The largest absolute Gasteiger partial charge is 0.383 e. The van der Waals surface area contributed by atoms with E-state index in [0.717, 1.165) is 16.3 Å². The molecule has 1 aliphatic rings. The highest BCUT2D eigenvalue weighted by atomic mass is 32.1. The summed E-state index contributed by atoms with van der Waals surface area (Å²) in [5.74, 6) is 1.86. The number of likely N-dealkylation sites (N-methyl/N-ethyl adjacent to an activating group) is 1. The van der Waals surface area contributed by atoms with Crippen molar-refractivity contribution >= 4 is 33.5 Å². The molecule has 3 heterocycles. The molecule has 1 fully saturated rings. The lowest BCUT2D eigenvalue weighted by Crippen LogP contribution is -2.24. The smallest absolute Gasteiger partial charge is 0.270 e. The average molecular weight is 423 g/mol. The molecule has 9 heteroatoms. The number of rotatable bonds is 2. The Kier molecular flexibility index (Phi) is 7.32. The number of hydrogen-bond acceptors (Lipinski definition) is 6. The van der Waals surface area contributed by atoms with Crippen LogP contribution in [-0.4, -0.2) is 56.3 Å². The van der Waals surface area contributed by atoms with Crippen molar-refractivity contribution in [1.29, 1.82) is 0 Å². The highest BCUT2D eigenvalue weighted by Gasteiger charge is 2.26. The average Bonchev–Trinajstić information content (AvgIpc) is 3.38. The number of terminal acetylenes is 2. The molecular weight excluding hydrogens is 402 g/mol. The lowest BCUT2D eigenvalue weighted by atomic mass is 10.2. The molecule has 2 aromatic heterocycles. The van der Waals surface area contributed by atoms with Crippen LogP contribution in [0.2, 0.25) is 0 Å². The number of aliphatic hydroxyl groups excluding tert-OH is 1. The minimum Gasteiger partial charge on any atom is -0.383 e. The van der Waals surface area contributed by atoms with Crippen LogP contribution < -0.4 is 5.73 Å². The second-order valence-electron chi connectivity index (χ2n) is 6.27. The molecule has 0 unspecified atom stereocenters. The zero-order chi connectivity index (χ0) is 22.4. The van der Waals surface area contributed by atoms with Crippen LogP contribution in [0.15, 0.2) is 24.3 Å². The first kappa shape index (κ1) is 22.6. The molecule has 0 bridgehead atoms. The van der Waals surface area contributed by atoms with Gasteiger partial charge in [-0.2, -0.15) is 5.10 Å². The van der Waals surface area contributed by atoms with Crippen molar-refractivity contribution in [2.24, 2.45) is 5.73 Å². The maximum atomic E-state index is 11.5. The number of carbonyl (C=O) groups is 2. The quantitative estimate of drug-likeness (QED) is 0.604. The van der Waals surface area contributed by atoms with Gasteiger partial charge < -0.3 is 15.7 Å². The van der Waals surface area contributed by atoms with Crippen molar-refractivity contribution in [3.05, 3.63) is 40.5 Å². The van der Waals surface area contributed by atoms with Crippen LogP contribution in [0.3, 0.4) is 0 Å². The summed E-state index contributed by atoms with van der Waals surface area (Å²) in [6, 6.07) is 7.32. The summed E-state index contributed by atoms with van der Waals surface area (Å²) in [5.41, 5.74) is 7.71. The maximum Gasteiger partial charge on any atom is 0.270 e. The molecule has 0 aliphatic carbocycles. The van der Waals surface area contributed by atoms with Crippen LogP contribution >= 0.6 is 11.3 Å². The molecule has 154 valence electrons. The number of aromatic nitrogens is 3. The van der Waals surface area contributed by atoms with Gasteiger partial charge in [0.2, 0.25) is 0 Å². The normalized spacial score (nSPS) is 15.0. The molecular formula is C21H21N5O3S. The first-order valence-electron chi connectivity index (χ1n) is 8.81. The fraction of sp³-hybridized carbons (Fsp3) is 0.238. The van der Waals surface area contributed by atoms with Gasteiger partial charge in [-0.05, 0) is 31.5 Å². The SMILES string of the molecule is C#C.C#Cc1cccc(-n2nc(C(N)=O)c3sc(C)nc32)c1.CN1CC[C@H](O)C1=O. The Balaban J connectivity index is 0.000000269. The number of hydrogen-bond donors (Lipinski definition) is 2. The van der Waals surface area contributed by atoms with E-state index in [1.165, 1.54) is 16.2 Å². The van der Waals surface area contributed by atoms with Crippen LogP contribution in [0.4, 0.5) is 0 Å². The van der Waals surface area contributed by atoms with E-state index >= 15 is 0 Å². The molecule has 0 saturated carbocycles. The molecule has 1 atom stereocenters. The molecule has 8 nitrogen and oxygen atoms in total. The molecule has 3 aromatic rings. The number of aryl methyl sites for hydroxylation is 1. The molecule has 1 saturated heterocycles. The minimum atomic E-state index is -0.722. The van der Waals surface area contributed by atoms with Crippen molar-refractivity contribution < 1.29 is 14.7 Å². The Morgan fingerprint density at radius 1 is 1.40 bits per heavy atom. The van der Waals surface area contributed by atoms with Gasteiger partial charge in [0.15, 0.2) is 11.3 Å². The Labute approximate surface area is 178 Å². The molecule has 1 aliphatic heterocycles. The highest BCUT2D eigenvalue weighted by molar-refractivity contribution is 7.18. The Morgan fingerprint density at radius 3 is 2.60 bits per heavy atom. The maximum absolute atomic E-state index is 11.5. The van der Waals surface area contributed by atoms with Crippen molar-refractivity contribution in [2.45, 2.75) is 19.4 Å². The molecule has 0 radical (unpaired) electrons. The number of aliphatic hydroxyl groups is 1. The van der Waals surface area contributed by atoms with Gasteiger partial charge in [0.05, 0.1) is 10.7 Å². The number of nitrogens with two attached hydrogens (primary N) is 1. The van der Waals surface area contributed by atoms with E-state index in [1.54, 1.807) is 11.7 Å². The topological polar surface area (TPSA) is 114 Å². The minimum absolute atomic E-state index is 0.148. The fourth-order valence-electron chi connectivity index (χ4n) is 2.78. The van der Waals surface area contributed by atoms with E-state index in [0.29, 0.717) is 23.3 Å². The van der Waals surface area contributed by atoms with Crippen LogP contribution in [-0.2, 0) is 4.79 Å². The first-order valence-corrected chi connectivity index (χ1v) is 9.63. The second kappa shape index (κ2) is 9.70. The van der Waals surface area contributed by atoms with Gasteiger partial charge in [-0.1, -0.05) is 12.0 Å². The van der Waals surface area contributed by atoms with Crippen molar-refractivity contribution in [2.75, 3.05) is 13.6 Å². The Hall–Kier alpha value is -3.66. The predicted molar refractivity (Wildman–Crippen MR) is 116 cm³/mol. The van der Waals surface area contributed by atoms with Crippen LogP contribution in [0, 0.1) is 32.1 Å². The summed E-state index contributed by atoms with van der Waals surface area (Å²) in [6.45, 7) is 2.57. The molecule has 30 heavy (non-hydrogen) atoms. The van der Waals surface area contributed by atoms with Gasteiger partial charge in [0, 0.05) is 19.2 Å². The summed E-state index contributed by atoms with van der Waals surface area (Å²) in [5, 5.41) is 13.9. The molecule has 1 aromatic carbocycles. The zero-order valence-electron chi connectivity index (χ0n) is 16.6. The highest BCUT2D eigenvalue weighted by Crippen LogP contribution is 2.27. The van der Waals surface area contributed by atoms with Crippen molar-refractivity contribution in [3.63, 3.8) is 0 Å². The second-order valence-corrected chi connectivity index (χ2v) is 7.47. The van der Waals surface area contributed by atoms with E-state index in [-0.39, 0.29) is 11.6 Å². The van der Waals surface area contributed by atoms with E-state index < -0.39 is 12.0 Å². The number of thiazole rings is 1. The number of primary amides is 1. The zero-order valence-corrected chi connectivity index (χ0v) is 17.4. The van der Waals surface area contributed by atoms with Crippen LogP contribution in [0.1, 0.15) is 27.5 Å². The monoisotopic (exact) mass is 423 g/mol. The molecule has 3 N–H and O–H groups in total. The fourth-order valence-corrected chi connectivity index (χ4v) is 3.67. The molecule has 2 amide bonds. The van der Waals surface area contributed by atoms with Gasteiger partial charge in [-0.25, -0.2) is 9.67 Å². The lowest BCUT2D eigenvalue weighted by molar-refractivity contribution is -0.133. The summed E-state index contributed by atoms with van der Waals surface area (Å²) in [4.78, 5) is 28.0. The van der Waals surface area contributed by atoms with Gasteiger partial charge >= 0.3 is 0 Å². The predicted octanol–water partition coefficient (Wildman–Crippen LogP) is 1.33. The summed E-state index contributed by atoms with van der Waals surface area (Å²) in [7, 11) is 1.69. The number of carbonyl (C=O) groups excluding carboxylic acids is 2. The van der Waals surface area contributed by atoms with Gasteiger partial charge in [-0.15, -0.1) is 30.6 Å². The van der Waals surface area contributed by atoms with E-state index in [4.69, 9.17) is 17.3 Å². The van der Waals surface area contributed by atoms with Crippen molar-refractivity contribution in [1.82, 2.24) is 19.7 Å². The summed E-state index contributed by atoms with van der Waals surface area (Å²) in [6.07, 6.45) is 13.3. The summed E-state index contributed by atoms with van der Waals surface area (Å²) >= 11 is 1.40. The third-order valence-electron chi connectivity index (χ3n) is 4.22. The number of nitrogens with zero attached hydrogens (tertiary/aromatic N) is 4. The lowest BCUT2D eigenvalue weighted by Gasteiger charge is -2.04. The number of amides is 2. The van der Waals surface area contributed by atoms with Gasteiger partial charge in [0.1, 0.15) is 10.8 Å². The molecule has 0 spiro atoms. The Morgan fingerprint density at radius 2 is 2.10 bits per heavy atom. The van der Waals surface area contributed by atoms with Crippen LogP contribution in [0.5, 0.6) is 0 Å². The Bertz CT molecular complexity index is 1130. The first-order chi connectivity index (χ1) is 14.3. The third kappa shape index (κ3) is 4.66. The third-order valence-corrected chi connectivity index (χ3v) is 5.19. The van der Waals surface area contributed by atoms with Gasteiger partial charge in [-0.3, -0.25) is 9.59 Å². The number of benzene rings is 1. The van der Waals surface area contributed by atoms with E-state index in [1.807, 2.05) is 31.2 Å². The van der Waals surface area contributed by atoms with Crippen LogP contribution in [0.25, 0.3) is 16.0 Å². The van der Waals surface area contributed by atoms with Gasteiger partial charge in [0.25, 0.3) is 11.8 Å². The number of fused-ring (bicyclic) bond motifs is 1. The molecule has 4 rings (SSSR count). The summed E-state index contributed by atoms with van der Waals surface area (Å²) < 4.78 is 2.29. The standard InChI is InChI=1S/C14H10N4OS.C5H9NO2.C2H2/c1-3-9-5-4-6-10(7-9)18-14-12(20-8(2)16-14)11(17-18)13(15)19;1-6-3-2-4(7)5(6)8;1-2/h1,4-7H,2H3,(H2,15,19);4,7H,2-3H2,1H3;1-2H/t;4-;/m.0./s1. The van der Waals surface area contributed by atoms with E-state index in [9.17, 15) is 9.59 Å².